The molecule has 0 saturated carbocycles. The smallest absolute Gasteiger partial charge is 0.326 e. The van der Waals surface area contributed by atoms with Crippen molar-refractivity contribution in [1.82, 2.24) is 9.88 Å². The zero-order valence-corrected chi connectivity index (χ0v) is 13.4. The number of nitrogens with one attached hydrogen (secondary N) is 1. The second-order valence-corrected chi connectivity index (χ2v) is 6.25. The number of aliphatic carboxylic acids is 1. The van der Waals surface area contributed by atoms with Gasteiger partial charge in [-0.25, -0.2) is 4.79 Å². The van der Waals surface area contributed by atoms with Crippen molar-refractivity contribution in [3.05, 3.63) is 58.4 Å². The van der Waals surface area contributed by atoms with Crippen LogP contribution in [0.25, 0.3) is 21.7 Å². The summed E-state index contributed by atoms with van der Waals surface area (Å²) in [4.78, 5) is 40.5. The van der Waals surface area contributed by atoms with E-state index in [2.05, 4.69) is 4.98 Å². The minimum Gasteiger partial charge on any atom is -0.480 e. The van der Waals surface area contributed by atoms with Gasteiger partial charge in [-0.05, 0) is 42.5 Å². The molecule has 1 aromatic heterocycles. The molecule has 0 bridgehead atoms. The van der Waals surface area contributed by atoms with Crippen molar-refractivity contribution in [3.63, 3.8) is 0 Å². The van der Waals surface area contributed by atoms with Gasteiger partial charge in [0.15, 0.2) is 0 Å². The molecule has 2 N–H and O–H groups in total. The number of carbonyl (C=O) groups is 2. The summed E-state index contributed by atoms with van der Waals surface area (Å²) < 4.78 is 0. The average Bonchev–Trinajstić information content (AvgIpc) is 3.11. The lowest BCUT2D eigenvalue weighted by Gasteiger charge is -2.21. The standard InChI is InChI=1S/C19H16N2O4/c22-17-13-5-2-1-4-12(13)14-10-11(7-8-15(14)20-17)18(23)21-9-3-6-16(21)19(24)25/h1-2,4-5,7-8,10,16H,3,6,9H2,(H,20,22)(H,24,25)/t16-/m0/s1. The molecule has 126 valence electrons. The third-order valence-electron chi connectivity index (χ3n) is 4.78. The van der Waals surface area contributed by atoms with Gasteiger partial charge in [0.05, 0.1) is 0 Å². The van der Waals surface area contributed by atoms with Crippen molar-refractivity contribution in [2.24, 2.45) is 0 Å². The van der Waals surface area contributed by atoms with Crippen molar-refractivity contribution >= 4 is 33.6 Å². The highest BCUT2D eigenvalue weighted by atomic mass is 16.4. The number of hydrogen-bond donors (Lipinski definition) is 2. The Balaban J connectivity index is 1.85. The summed E-state index contributed by atoms with van der Waals surface area (Å²) in [7, 11) is 0. The molecule has 25 heavy (non-hydrogen) atoms. The monoisotopic (exact) mass is 336 g/mol. The van der Waals surface area contributed by atoms with Gasteiger partial charge in [-0.15, -0.1) is 0 Å². The Morgan fingerprint density at radius 1 is 1.08 bits per heavy atom. The normalized spacial score (nSPS) is 17.3. The third-order valence-corrected chi connectivity index (χ3v) is 4.78. The van der Waals surface area contributed by atoms with Crippen LogP contribution < -0.4 is 5.56 Å². The van der Waals surface area contributed by atoms with Crippen LogP contribution in [0.15, 0.2) is 47.3 Å². The quantitative estimate of drug-likeness (QED) is 0.703. The Morgan fingerprint density at radius 2 is 1.84 bits per heavy atom. The van der Waals surface area contributed by atoms with Crippen LogP contribution >= 0.6 is 0 Å². The molecule has 1 amide bonds. The highest BCUT2D eigenvalue weighted by molar-refractivity contribution is 6.08. The Hall–Kier alpha value is -3.15. The van der Waals surface area contributed by atoms with E-state index < -0.39 is 12.0 Å². The number of likely N-dealkylation sites (tertiary alicyclic amines) is 1. The Morgan fingerprint density at radius 3 is 2.60 bits per heavy atom. The number of aromatic nitrogens is 1. The molecular weight excluding hydrogens is 320 g/mol. The lowest BCUT2D eigenvalue weighted by molar-refractivity contribution is -0.141. The van der Waals surface area contributed by atoms with E-state index in [9.17, 15) is 19.5 Å². The van der Waals surface area contributed by atoms with E-state index in [-0.39, 0.29) is 11.5 Å². The Kier molecular flexibility index (Phi) is 3.53. The van der Waals surface area contributed by atoms with Crippen LogP contribution in [0.1, 0.15) is 23.2 Å². The minimum absolute atomic E-state index is 0.173. The van der Waals surface area contributed by atoms with E-state index in [4.69, 9.17) is 0 Å². The minimum atomic E-state index is -0.971. The Bertz CT molecular complexity index is 1070. The van der Waals surface area contributed by atoms with Gasteiger partial charge in [-0.2, -0.15) is 0 Å². The molecule has 4 rings (SSSR count). The molecule has 0 aliphatic carbocycles. The molecule has 0 radical (unpaired) electrons. The summed E-state index contributed by atoms with van der Waals surface area (Å²) in [6.45, 7) is 0.445. The number of nitrogens with zero attached hydrogens (tertiary/aromatic N) is 1. The molecule has 6 heteroatoms. The number of benzene rings is 2. The first-order valence-corrected chi connectivity index (χ1v) is 8.15. The summed E-state index contributed by atoms with van der Waals surface area (Å²) in [5.41, 5.74) is 0.905. The molecule has 1 atom stereocenters. The number of carbonyl (C=O) groups excluding carboxylic acids is 1. The fraction of sp³-hybridized carbons (Fsp3) is 0.211. The number of amides is 1. The molecular formula is C19H16N2O4. The molecule has 0 unspecified atom stereocenters. The van der Waals surface area contributed by atoms with Crippen molar-refractivity contribution in [1.29, 1.82) is 0 Å². The molecule has 0 spiro atoms. The van der Waals surface area contributed by atoms with Crippen LogP contribution in [0.5, 0.6) is 0 Å². The largest absolute Gasteiger partial charge is 0.480 e. The maximum Gasteiger partial charge on any atom is 0.326 e. The molecule has 2 heterocycles. The lowest BCUT2D eigenvalue weighted by Crippen LogP contribution is -2.40. The summed E-state index contributed by atoms with van der Waals surface area (Å²) in [6, 6.07) is 11.5. The fourth-order valence-corrected chi connectivity index (χ4v) is 3.55. The molecule has 1 fully saturated rings. The van der Waals surface area contributed by atoms with Gasteiger partial charge in [-0.1, -0.05) is 18.2 Å². The maximum atomic E-state index is 12.8. The number of aromatic amines is 1. The van der Waals surface area contributed by atoms with Gasteiger partial charge in [0, 0.05) is 28.4 Å². The highest BCUT2D eigenvalue weighted by Gasteiger charge is 2.34. The van der Waals surface area contributed by atoms with E-state index in [0.717, 1.165) is 10.8 Å². The van der Waals surface area contributed by atoms with E-state index in [1.54, 1.807) is 30.3 Å². The zero-order chi connectivity index (χ0) is 17.6. The topological polar surface area (TPSA) is 90.5 Å². The van der Waals surface area contributed by atoms with E-state index in [1.807, 2.05) is 12.1 Å². The van der Waals surface area contributed by atoms with Crippen LogP contribution in [-0.4, -0.2) is 39.5 Å². The van der Waals surface area contributed by atoms with Gasteiger partial charge in [0.1, 0.15) is 6.04 Å². The predicted octanol–water partition coefficient (Wildman–Crippen LogP) is 2.37. The second-order valence-electron chi connectivity index (χ2n) is 6.25. The number of carboxylic acid groups (broad SMARTS) is 1. The van der Waals surface area contributed by atoms with Gasteiger partial charge in [0.25, 0.3) is 11.5 Å². The fourth-order valence-electron chi connectivity index (χ4n) is 3.55. The van der Waals surface area contributed by atoms with Crippen LogP contribution in [0, 0.1) is 0 Å². The third kappa shape index (κ3) is 2.46. The van der Waals surface area contributed by atoms with Crippen LogP contribution in [0.4, 0.5) is 0 Å². The maximum absolute atomic E-state index is 12.8. The summed E-state index contributed by atoms with van der Waals surface area (Å²) >= 11 is 0. The van der Waals surface area contributed by atoms with Crippen LogP contribution in [0.2, 0.25) is 0 Å². The van der Waals surface area contributed by atoms with Gasteiger partial charge in [0.2, 0.25) is 0 Å². The first kappa shape index (κ1) is 15.4. The van der Waals surface area contributed by atoms with Crippen molar-refractivity contribution in [2.75, 3.05) is 6.54 Å². The SMILES string of the molecule is O=C(O)[C@@H]1CCCN1C(=O)c1ccc2[nH]c(=O)c3ccccc3c2c1. The van der Waals surface area contributed by atoms with Crippen molar-refractivity contribution in [3.8, 4) is 0 Å². The molecule has 1 aliphatic heterocycles. The molecule has 1 saturated heterocycles. The number of hydrogen-bond acceptors (Lipinski definition) is 3. The number of rotatable bonds is 2. The lowest BCUT2D eigenvalue weighted by atomic mass is 10.0. The van der Waals surface area contributed by atoms with Gasteiger partial charge in [-0.3, -0.25) is 9.59 Å². The van der Waals surface area contributed by atoms with E-state index >= 15 is 0 Å². The molecule has 2 aromatic carbocycles. The number of fused-ring (bicyclic) bond motifs is 3. The number of H-pyrrole nitrogens is 1. The van der Waals surface area contributed by atoms with Crippen molar-refractivity contribution < 1.29 is 14.7 Å². The molecule has 3 aromatic rings. The zero-order valence-electron chi connectivity index (χ0n) is 13.4. The number of pyridine rings is 1. The Labute approximate surface area is 142 Å². The highest BCUT2D eigenvalue weighted by Crippen LogP contribution is 2.25. The first-order chi connectivity index (χ1) is 12.1. The van der Waals surface area contributed by atoms with E-state index in [0.29, 0.717) is 35.9 Å². The second kappa shape index (κ2) is 5.73. The summed E-state index contributed by atoms with van der Waals surface area (Å²) in [5.74, 6) is -1.26. The number of carboxylic acids is 1. The summed E-state index contributed by atoms with van der Waals surface area (Å²) in [5, 5.41) is 11.4. The van der Waals surface area contributed by atoms with Crippen molar-refractivity contribution in [2.45, 2.75) is 18.9 Å². The van der Waals surface area contributed by atoms with Gasteiger partial charge < -0.3 is 15.0 Å². The van der Waals surface area contributed by atoms with E-state index in [1.165, 1.54) is 4.90 Å². The van der Waals surface area contributed by atoms with Crippen LogP contribution in [0.3, 0.4) is 0 Å². The van der Waals surface area contributed by atoms with Gasteiger partial charge >= 0.3 is 5.97 Å². The summed E-state index contributed by atoms with van der Waals surface area (Å²) in [6.07, 6.45) is 1.16. The first-order valence-electron chi connectivity index (χ1n) is 8.15. The molecule has 1 aliphatic rings. The molecule has 6 nitrogen and oxygen atoms in total. The van der Waals surface area contributed by atoms with Crippen LogP contribution in [-0.2, 0) is 4.79 Å². The predicted molar refractivity (Wildman–Crippen MR) is 93.8 cm³/mol. The average molecular weight is 336 g/mol.